The summed E-state index contributed by atoms with van der Waals surface area (Å²) in [6.07, 6.45) is 10.3. The summed E-state index contributed by atoms with van der Waals surface area (Å²) >= 11 is -1.74. The molecule has 0 atom stereocenters. The molecule has 1 rings (SSSR count). The first-order chi connectivity index (χ1) is 6.33. The first kappa shape index (κ1) is 11.4. The minimum atomic E-state index is -1.74. The van der Waals surface area contributed by atoms with Gasteiger partial charge in [-0.25, -0.2) is 0 Å². The Hall–Kier alpha value is 0.279. The molecule has 1 heteroatoms. The molecule has 74 valence electrons. The second-order valence-corrected chi connectivity index (χ2v) is 18.1. The Morgan fingerprint density at radius 1 is 0.846 bits per heavy atom. The summed E-state index contributed by atoms with van der Waals surface area (Å²) in [5.41, 5.74) is 0. The van der Waals surface area contributed by atoms with Gasteiger partial charge in [0.2, 0.25) is 0 Å². The van der Waals surface area contributed by atoms with Crippen molar-refractivity contribution in [3.8, 4) is 0 Å². The van der Waals surface area contributed by atoms with Crippen LogP contribution in [-0.2, 0) is 0 Å². The summed E-state index contributed by atoms with van der Waals surface area (Å²) in [4.78, 5) is 0. The van der Waals surface area contributed by atoms with E-state index in [4.69, 9.17) is 0 Å². The van der Waals surface area contributed by atoms with E-state index in [2.05, 4.69) is 25.3 Å². The topological polar surface area (TPSA) is 0 Å². The maximum absolute atomic E-state index is 3.93. The third kappa shape index (κ3) is 3.49. The Balaban J connectivity index is 2.60. The van der Waals surface area contributed by atoms with Crippen LogP contribution in [-0.4, -0.2) is 18.4 Å². The van der Waals surface area contributed by atoms with Crippen molar-refractivity contribution in [1.29, 1.82) is 0 Å². The van der Waals surface area contributed by atoms with Crippen LogP contribution in [0.25, 0.3) is 0 Å². The number of hydrogen-bond donors (Lipinski definition) is 0. The zero-order valence-electron chi connectivity index (χ0n) is 8.73. The van der Waals surface area contributed by atoms with Gasteiger partial charge in [0, 0.05) is 0 Å². The van der Waals surface area contributed by atoms with Gasteiger partial charge >= 0.3 is 87.1 Å². The molecule has 1 saturated heterocycles. The second kappa shape index (κ2) is 5.89. The molecule has 0 aromatic rings. The SMILES string of the molecule is C=C[CH2][Sn]1([CH2]C=C)[CH2]CCCC[CH2]1. The molecule has 0 N–H and O–H groups in total. The van der Waals surface area contributed by atoms with Gasteiger partial charge in [0.05, 0.1) is 0 Å². The van der Waals surface area contributed by atoms with E-state index in [1.807, 2.05) is 0 Å². The van der Waals surface area contributed by atoms with Crippen LogP contribution in [0.4, 0.5) is 0 Å². The molecule has 1 aliphatic heterocycles. The third-order valence-electron chi connectivity index (χ3n) is 3.32. The van der Waals surface area contributed by atoms with Gasteiger partial charge in [-0.3, -0.25) is 0 Å². The molecular weight excluding hydrogens is 263 g/mol. The fourth-order valence-electron chi connectivity index (χ4n) is 2.58. The monoisotopic (exact) mass is 286 g/mol. The van der Waals surface area contributed by atoms with E-state index in [1.54, 1.807) is 8.87 Å². The van der Waals surface area contributed by atoms with Crippen molar-refractivity contribution in [3.63, 3.8) is 0 Å². The first-order valence-electron chi connectivity index (χ1n) is 5.55. The summed E-state index contributed by atoms with van der Waals surface area (Å²) in [5.74, 6) is 0. The fraction of sp³-hybridized carbons (Fsp3) is 0.667. The van der Waals surface area contributed by atoms with E-state index in [0.29, 0.717) is 0 Å². The molecule has 13 heavy (non-hydrogen) atoms. The second-order valence-electron chi connectivity index (χ2n) is 4.40. The maximum atomic E-state index is 3.93. The van der Waals surface area contributed by atoms with Gasteiger partial charge in [-0.15, -0.1) is 0 Å². The van der Waals surface area contributed by atoms with Crippen LogP contribution in [0.1, 0.15) is 25.7 Å². The molecule has 0 aromatic carbocycles. The summed E-state index contributed by atoms with van der Waals surface area (Å²) in [7, 11) is 0. The first-order valence-corrected chi connectivity index (χ1v) is 13.6. The van der Waals surface area contributed by atoms with Crippen molar-refractivity contribution in [2.24, 2.45) is 0 Å². The molecule has 1 fully saturated rings. The zero-order chi connectivity index (χ0) is 9.57. The Labute approximate surface area is 87.0 Å². The van der Waals surface area contributed by atoms with E-state index in [1.165, 1.54) is 34.6 Å². The van der Waals surface area contributed by atoms with Gasteiger partial charge in [-0.05, 0) is 0 Å². The molecule has 1 heterocycles. The van der Waals surface area contributed by atoms with Gasteiger partial charge in [0.15, 0.2) is 0 Å². The van der Waals surface area contributed by atoms with Crippen molar-refractivity contribution < 1.29 is 0 Å². The van der Waals surface area contributed by atoms with Gasteiger partial charge in [0.25, 0.3) is 0 Å². The summed E-state index contributed by atoms with van der Waals surface area (Å²) < 4.78 is 5.96. The average Bonchev–Trinajstić information content (AvgIpc) is 2.32. The van der Waals surface area contributed by atoms with Crippen LogP contribution in [0.15, 0.2) is 25.3 Å². The molecular formula is C12H22Sn. The molecule has 0 nitrogen and oxygen atoms in total. The summed E-state index contributed by atoms with van der Waals surface area (Å²) in [5, 5.41) is 0. The molecule has 0 amide bonds. The number of rotatable bonds is 4. The quantitative estimate of drug-likeness (QED) is 0.531. The van der Waals surface area contributed by atoms with Crippen molar-refractivity contribution in [1.82, 2.24) is 0 Å². The fourth-order valence-corrected chi connectivity index (χ4v) is 15.3. The Kier molecular flexibility index (Phi) is 5.15. The van der Waals surface area contributed by atoms with Crippen molar-refractivity contribution in [3.05, 3.63) is 25.3 Å². The average molecular weight is 285 g/mol. The van der Waals surface area contributed by atoms with Gasteiger partial charge in [0.1, 0.15) is 0 Å². The molecule has 1 aliphatic rings. The van der Waals surface area contributed by atoms with E-state index < -0.39 is 18.4 Å². The third-order valence-corrected chi connectivity index (χ3v) is 18.0. The molecule has 0 spiro atoms. The predicted octanol–water partition coefficient (Wildman–Crippen LogP) is 4.38. The summed E-state index contributed by atoms with van der Waals surface area (Å²) in [6.45, 7) is 7.86. The zero-order valence-corrected chi connectivity index (χ0v) is 11.6. The standard InChI is InChI=1S/C6H12.2C3H5.Sn/c1-3-5-6-4-2;2*1-3-2;/h1-6H2;2*3H,1-2H2;. The van der Waals surface area contributed by atoms with Gasteiger partial charge in [-0.2, -0.15) is 0 Å². The van der Waals surface area contributed by atoms with Crippen LogP contribution in [0, 0.1) is 0 Å². The van der Waals surface area contributed by atoms with E-state index in [-0.39, 0.29) is 0 Å². The minimum absolute atomic E-state index is 1.39. The van der Waals surface area contributed by atoms with Crippen LogP contribution < -0.4 is 0 Å². The van der Waals surface area contributed by atoms with Gasteiger partial charge in [-0.1, -0.05) is 0 Å². The van der Waals surface area contributed by atoms with Crippen LogP contribution in [0.3, 0.4) is 0 Å². The molecule has 0 aliphatic carbocycles. The van der Waals surface area contributed by atoms with Crippen LogP contribution in [0.2, 0.25) is 17.7 Å². The molecule has 0 saturated carbocycles. The molecule has 0 radical (unpaired) electrons. The summed E-state index contributed by atoms with van der Waals surface area (Å²) in [6, 6.07) is 0. The van der Waals surface area contributed by atoms with E-state index in [9.17, 15) is 0 Å². The number of allylic oxidation sites excluding steroid dienone is 2. The van der Waals surface area contributed by atoms with Crippen LogP contribution in [0.5, 0.6) is 0 Å². The van der Waals surface area contributed by atoms with Crippen molar-refractivity contribution in [2.75, 3.05) is 0 Å². The molecule has 0 aromatic heterocycles. The normalized spacial score (nSPS) is 21.8. The van der Waals surface area contributed by atoms with Gasteiger partial charge < -0.3 is 0 Å². The van der Waals surface area contributed by atoms with Crippen molar-refractivity contribution in [2.45, 2.75) is 43.4 Å². The predicted molar refractivity (Wildman–Crippen MR) is 63.8 cm³/mol. The van der Waals surface area contributed by atoms with Crippen molar-refractivity contribution >= 4 is 18.4 Å². The molecule has 0 unspecified atom stereocenters. The van der Waals surface area contributed by atoms with Crippen LogP contribution >= 0.6 is 0 Å². The Morgan fingerprint density at radius 3 is 1.69 bits per heavy atom. The van der Waals surface area contributed by atoms with E-state index in [0.717, 1.165) is 0 Å². The number of hydrogen-bond acceptors (Lipinski definition) is 0. The van der Waals surface area contributed by atoms with E-state index >= 15 is 0 Å². The Morgan fingerprint density at radius 2 is 1.31 bits per heavy atom. The Bertz CT molecular complexity index is 152. The molecule has 0 bridgehead atoms.